The number of carbonyl (C=O) groups is 1. The Morgan fingerprint density at radius 2 is 1.53 bits per heavy atom. The second kappa shape index (κ2) is 9.72. The van der Waals surface area contributed by atoms with Crippen LogP contribution in [0.3, 0.4) is 0 Å². The molecular weight excluding hydrogens is 487 g/mol. The van der Waals surface area contributed by atoms with Crippen molar-refractivity contribution >= 4 is 17.3 Å². The molecule has 1 aliphatic heterocycles. The van der Waals surface area contributed by atoms with Crippen LogP contribution in [0.25, 0.3) is 11.3 Å². The van der Waals surface area contributed by atoms with Gasteiger partial charge in [-0.2, -0.15) is 13.2 Å². The van der Waals surface area contributed by atoms with Gasteiger partial charge in [-0.05, 0) is 56.9 Å². The lowest BCUT2D eigenvalue weighted by molar-refractivity contribution is -0.189. The highest BCUT2D eigenvalue weighted by molar-refractivity contribution is 7.10. The van der Waals surface area contributed by atoms with E-state index in [4.69, 9.17) is 9.72 Å². The fraction of sp³-hybridized carbons (Fsp3) is 0.630. The highest BCUT2D eigenvalue weighted by atomic mass is 32.1. The van der Waals surface area contributed by atoms with Crippen LogP contribution in [0.2, 0.25) is 0 Å². The highest BCUT2D eigenvalue weighted by Gasteiger charge is 2.43. The molecule has 200 valence electrons. The molecule has 1 fully saturated rings. The Morgan fingerprint density at radius 1 is 1.03 bits per heavy atom. The summed E-state index contributed by atoms with van der Waals surface area (Å²) in [6.07, 6.45) is -3.14. The van der Waals surface area contributed by atoms with Gasteiger partial charge in [0.25, 0.3) is 0 Å². The zero-order valence-electron chi connectivity index (χ0n) is 22.8. The molecule has 1 saturated heterocycles. The van der Waals surface area contributed by atoms with Gasteiger partial charge in [-0.25, -0.2) is 9.78 Å². The van der Waals surface area contributed by atoms with Crippen molar-refractivity contribution in [3.63, 3.8) is 0 Å². The van der Waals surface area contributed by atoms with Gasteiger partial charge in [0.15, 0.2) is 0 Å². The first-order chi connectivity index (χ1) is 16.4. The van der Waals surface area contributed by atoms with Gasteiger partial charge in [-0.3, -0.25) is 4.90 Å². The zero-order chi connectivity index (χ0) is 27.3. The van der Waals surface area contributed by atoms with Crippen LogP contribution < -0.4 is 4.74 Å². The summed E-state index contributed by atoms with van der Waals surface area (Å²) in [7, 11) is 6.30. The molecule has 5 nitrogen and oxygen atoms in total. The van der Waals surface area contributed by atoms with Crippen LogP contribution >= 0.6 is 11.3 Å². The predicted molar refractivity (Wildman–Crippen MR) is 139 cm³/mol. The lowest BCUT2D eigenvalue weighted by atomic mass is 9.78. The molecule has 1 aliphatic rings. The SMILES string of the molecule is CN1CCC(c2nc(-c3cc(C(C)(C)C)c(OC(=O)C(F)(F)F)c(C(C)(C)C)c3)cs2)(N(C)C)CC1. The van der Waals surface area contributed by atoms with Crippen molar-refractivity contribution < 1.29 is 22.7 Å². The Morgan fingerprint density at radius 3 is 1.94 bits per heavy atom. The van der Waals surface area contributed by atoms with Crippen LogP contribution in [-0.2, 0) is 21.2 Å². The molecule has 0 aliphatic carbocycles. The summed E-state index contributed by atoms with van der Waals surface area (Å²) >= 11 is 1.62. The Hall–Kier alpha value is -1.97. The second-order valence-corrected chi connectivity index (χ2v) is 12.9. The van der Waals surface area contributed by atoms with Gasteiger partial charge in [0.1, 0.15) is 10.8 Å². The molecule has 2 heterocycles. The van der Waals surface area contributed by atoms with Crippen LogP contribution in [0.5, 0.6) is 5.75 Å². The molecule has 9 heteroatoms. The number of hydrogen-bond acceptors (Lipinski definition) is 6. The number of alkyl halides is 3. The number of piperidine rings is 1. The first-order valence-electron chi connectivity index (χ1n) is 12.2. The predicted octanol–water partition coefficient (Wildman–Crippen LogP) is 6.36. The van der Waals surface area contributed by atoms with E-state index in [1.807, 2.05) is 59.1 Å². The number of ether oxygens (including phenoxy) is 1. The van der Waals surface area contributed by atoms with E-state index in [-0.39, 0.29) is 11.3 Å². The maximum atomic E-state index is 13.2. The van der Waals surface area contributed by atoms with Crippen LogP contribution in [0.15, 0.2) is 17.5 Å². The van der Waals surface area contributed by atoms with Gasteiger partial charge in [0.05, 0.1) is 11.2 Å². The highest BCUT2D eigenvalue weighted by Crippen LogP contribution is 2.45. The van der Waals surface area contributed by atoms with Crippen molar-refractivity contribution in [3.8, 4) is 17.0 Å². The summed E-state index contributed by atoms with van der Waals surface area (Å²) < 4.78 is 44.5. The molecule has 0 radical (unpaired) electrons. The number of aromatic nitrogens is 1. The van der Waals surface area contributed by atoms with Crippen LogP contribution in [-0.4, -0.2) is 61.2 Å². The monoisotopic (exact) mass is 525 g/mol. The average molecular weight is 526 g/mol. The third-order valence-corrected chi connectivity index (χ3v) is 8.04. The summed E-state index contributed by atoms with van der Waals surface area (Å²) in [6.45, 7) is 13.4. The molecule has 3 rings (SSSR count). The number of esters is 1. The molecule has 1 aromatic heterocycles. The minimum Gasteiger partial charge on any atom is -0.419 e. The number of nitrogens with zero attached hydrogens (tertiary/aromatic N) is 3. The van der Waals surface area contributed by atoms with E-state index >= 15 is 0 Å². The van der Waals surface area contributed by atoms with Crippen LogP contribution in [0.1, 0.15) is 70.5 Å². The van der Waals surface area contributed by atoms with E-state index < -0.39 is 23.0 Å². The summed E-state index contributed by atoms with van der Waals surface area (Å²) in [6, 6.07) is 3.65. The van der Waals surface area contributed by atoms with Crippen molar-refractivity contribution in [2.24, 2.45) is 0 Å². The maximum Gasteiger partial charge on any atom is 0.491 e. The number of likely N-dealkylation sites (tertiary alicyclic amines) is 1. The average Bonchev–Trinajstić information content (AvgIpc) is 3.22. The van der Waals surface area contributed by atoms with Crippen molar-refractivity contribution in [1.29, 1.82) is 0 Å². The second-order valence-electron chi connectivity index (χ2n) is 12.1. The van der Waals surface area contributed by atoms with Crippen LogP contribution in [0, 0.1) is 0 Å². The first-order valence-corrected chi connectivity index (χ1v) is 13.0. The third kappa shape index (κ3) is 5.78. The third-order valence-electron chi connectivity index (χ3n) is 7.00. The van der Waals surface area contributed by atoms with Gasteiger partial charge in [-0.15, -0.1) is 11.3 Å². The van der Waals surface area contributed by atoms with Gasteiger partial charge in [0.2, 0.25) is 0 Å². The van der Waals surface area contributed by atoms with Crippen molar-refractivity contribution in [3.05, 3.63) is 33.6 Å². The van der Waals surface area contributed by atoms with E-state index in [0.29, 0.717) is 11.1 Å². The molecule has 1 aromatic carbocycles. The molecule has 0 bridgehead atoms. The summed E-state index contributed by atoms with van der Waals surface area (Å²) in [5.41, 5.74) is 1.36. The number of thiazole rings is 1. The summed E-state index contributed by atoms with van der Waals surface area (Å²) in [4.78, 5) is 21.5. The normalized spacial score (nSPS) is 17.5. The number of benzene rings is 1. The summed E-state index contributed by atoms with van der Waals surface area (Å²) in [5, 5.41) is 3.06. The molecule has 0 saturated carbocycles. The minimum absolute atomic E-state index is 0.0170. The number of carbonyl (C=O) groups excluding carboxylic acids is 1. The van der Waals surface area contributed by atoms with Gasteiger partial charge in [0, 0.05) is 35.2 Å². The Kier molecular flexibility index (Phi) is 7.73. The Balaban J connectivity index is 2.17. The van der Waals surface area contributed by atoms with Gasteiger partial charge < -0.3 is 9.64 Å². The smallest absolute Gasteiger partial charge is 0.419 e. The molecule has 0 spiro atoms. The topological polar surface area (TPSA) is 45.7 Å². The van der Waals surface area contributed by atoms with E-state index in [0.717, 1.165) is 42.2 Å². The van der Waals surface area contributed by atoms with Crippen LogP contribution in [0.4, 0.5) is 13.2 Å². The Labute approximate surface area is 216 Å². The lowest BCUT2D eigenvalue weighted by Crippen LogP contribution is -2.49. The fourth-order valence-electron chi connectivity index (χ4n) is 4.61. The minimum atomic E-state index is -5.08. The fourth-order valence-corrected chi connectivity index (χ4v) is 5.78. The lowest BCUT2D eigenvalue weighted by Gasteiger charge is -2.44. The largest absolute Gasteiger partial charge is 0.491 e. The number of hydrogen-bond donors (Lipinski definition) is 0. The van der Waals surface area contributed by atoms with E-state index in [1.54, 1.807) is 11.3 Å². The number of rotatable bonds is 4. The van der Waals surface area contributed by atoms with Crippen molar-refractivity contribution in [1.82, 2.24) is 14.8 Å². The van der Waals surface area contributed by atoms with Gasteiger partial charge in [-0.1, -0.05) is 41.5 Å². The van der Waals surface area contributed by atoms with E-state index in [9.17, 15) is 18.0 Å². The maximum absolute atomic E-state index is 13.2. The van der Waals surface area contributed by atoms with E-state index in [2.05, 4.69) is 30.9 Å². The molecule has 0 atom stereocenters. The first kappa shape index (κ1) is 28.6. The van der Waals surface area contributed by atoms with Crippen molar-refractivity contribution in [2.75, 3.05) is 34.2 Å². The molecule has 0 amide bonds. The molecule has 36 heavy (non-hydrogen) atoms. The molecule has 2 aromatic rings. The Bertz CT molecular complexity index is 1070. The standard InChI is InChI=1S/C27H38F3N3O2S/c1-24(2,3)18-14-17(15-19(25(4,5)6)21(18)35-23(34)27(28,29)30)20-16-36-22(31-20)26(32(7)8)10-12-33(9)13-11-26/h14-16H,10-13H2,1-9H3. The van der Waals surface area contributed by atoms with Crippen molar-refractivity contribution in [2.45, 2.75) is 76.9 Å². The summed E-state index contributed by atoms with van der Waals surface area (Å²) in [5.74, 6) is -2.23. The molecular formula is C27H38F3N3O2S. The quantitative estimate of drug-likeness (QED) is 0.344. The number of halogens is 3. The van der Waals surface area contributed by atoms with Gasteiger partial charge >= 0.3 is 12.1 Å². The molecule has 0 unspecified atom stereocenters. The van der Waals surface area contributed by atoms with E-state index in [1.165, 1.54) is 0 Å². The zero-order valence-corrected chi connectivity index (χ0v) is 23.6. The molecule has 0 N–H and O–H groups in total.